The molecular weight excluding hydrogens is 362 g/mol. The molecule has 0 bridgehead atoms. The van der Waals surface area contributed by atoms with Crippen LogP contribution in [0, 0.1) is 0 Å². The van der Waals surface area contributed by atoms with Gasteiger partial charge in [-0.3, -0.25) is 4.79 Å². The van der Waals surface area contributed by atoms with Crippen molar-refractivity contribution in [3.63, 3.8) is 0 Å². The molecule has 0 unspecified atom stereocenters. The van der Waals surface area contributed by atoms with Gasteiger partial charge in [-0.25, -0.2) is 0 Å². The van der Waals surface area contributed by atoms with Crippen LogP contribution in [-0.4, -0.2) is 20.1 Å². The molecule has 0 aliphatic heterocycles. The van der Waals surface area contributed by atoms with Gasteiger partial charge in [0.2, 0.25) is 5.75 Å². The number of methoxy groups -OCH3 is 2. The highest BCUT2D eigenvalue weighted by Crippen LogP contribution is 2.39. The Morgan fingerprint density at radius 1 is 1.00 bits per heavy atom. The number of hydrogen-bond donors (Lipinski definition) is 1. The van der Waals surface area contributed by atoms with Gasteiger partial charge >= 0.3 is 0 Å². The van der Waals surface area contributed by atoms with Crippen LogP contribution in [0.4, 0.5) is 0 Å². The summed E-state index contributed by atoms with van der Waals surface area (Å²) in [5.74, 6) is 1.17. The Labute approximate surface area is 162 Å². The monoisotopic (exact) mass is 383 g/mol. The number of ether oxygens (including phenoxy) is 3. The highest BCUT2D eigenvalue weighted by molar-refractivity contribution is 7.09. The van der Waals surface area contributed by atoms with Gasteiger partial charge in [0, 0.05) is 10.4 Å². The third-order valence-corrected chi connectivity index (χ3v) is 4.83. The zero-order valence-corrected chi connectivity index (χ0v) is 16.0. The number of hydrogen-bond acceptors (Lipinski definition) is 5. The molecule has 0 saturated heterocycles. The maximum absolute atomic E-state index is 12.5. The van der Waals surface area contributed by atoms with E-state index in [1.165, 1.54) is 14.2 Å². The predicted molar refractivity (Wildman–Crippen MR) is 106 cm³/mol. The number of benzene rings is 2. The van der Waals surface area contributed by atoms with Crippen LogP contribution in [0.25, 0.3) is 0 Å². The number of amides is 1. The van der Waals surface area contributed by atoms with Gasteiger partial charge in [-0.1, -0.05) is 36.4 Å². The average Bonchev–Trinajstić information content (AvgIpc) is 3.24. The Hall–Kier alpha value is -2.99. The lowest BCUT2D eigenvalue weighted by Crippen LogP contribution is -2.22. The number of rotatable bonds is 8. The molecule has 1 heterocycles. The van der Waals surface area contributed by atoms with Crippen molar-refractivity contribution in [3.05, 3.63) is 76.0 Å². The summed E-state index contributed by atoms with van der Waals surface area (Å²) in [6.07, 6.45) is 0. The third kappa shape index (κ3) is 4.80. The molecule has 1 amide bonds. The average molecular weight is 383 g/mol. The zero-order chi connectivity index (χ0) is 19.1. The molecule has 3 aromatic rings. The standard InChI is InChI=1S/C21H21NO4S/c1-24-18-11-16(21(23)22-13-17-9-6-10-27-17)12-19(25-2)20(18)26-14-15-7-4-3-5-8-15/h3-12H,13-14H2,1-2H3,(H,22,23). The van der Waals surface area contributed by atoms with Crippen LogP contribution < -0.4 is 19.5 Å². The van der Waals surface area contributed by atoms with Crippen molar-refractivity contribution >= 4 is 17.2 Å². The van der Waals surface area contributed by atoms with Crippen molar-refractivity contribution in [2.45, 2.75) is 13.2 Å². The third-order valence-electron chi connectivity index (χ3n) is 3.95. The molecule has 27 heavy (non-hydrogen) atoms. The van der Waals surface area contributed by atoms with E-state index >= 15 is 0 Å². The Balaban J connectivity index is 1.77. The summed E-state index contributed by atoms with van der Waals surface area (Å²) in [4.78, 5) is 13.6. The lowest BCUT2D eigenvalue weighted by molar-refractivity contribution is 0.0950. The van der Waals surface area contributed by atoms with Crippen molar-refractivity contribution in [1.82, 2.24) is 5.32 Å². The zero-order valence-electron chi connectivity index (χ0n) is 15.2. The predicted octanol–water partition coefficient (Wildman–Crippen LogP) is 4.27. The Morgan fingerprint density at radius 2 is 1.70 bits per heavy atom. The fraction of sp³-hybridized carbons (Fsp3) is 0.190. The molecule has 0 aliphatic rings. The minimum Gasteiger partial charge on any atom is -0.493 e. The van der Waals surface area contributed by atoms with Crippen molar-refractivity contribution in [2.24, 2.45) is 0 Å². The molecular formula is C21H21NO4S. The van der Waals surface area contributed by atoms with Gasteiger partial charge < -0.3 is 19.5 Å². The van der Waals surface area contributed by atoms with Gasteiger partial charge in [-0.15, -0.1) is 11.3 Å². The van der Waals surface area contributed by atoms with E-state index in [1.807, 2.05) is 47.8 Å². The highest BCUT2D eigenvalue weighted by Gasteiger charge is 2.18. The molecule has 5 nitrogen and oxygen atoms in total. The van der Waals surface area contributed by atoms with Crippen LogP contribution in [0.5, 0.6) is 17.2 Å². The first-order valence-electron chi connectivity index (χ1n) is 8.44. The van der Waals surface area contributed by atoms with Crippen molar-refractivity contribution in [2.75, 3.05) is 14.2 Å². The van der Waals surface area contributed by atoms with Crippen LogP contribution in [0.15, 0.2) is 60.0 Å². The van der Waals surface area contributed by atoms with E-state index in [9.17, 15) is 4.79 Å². The summed E-state index contributed by atoms with van der Waals surface area (Å²) in [5, 5.41) is 4.88. The van der Waals surface area contributed by atoms with Crippen LogP contribution in [0.3, 0.4) is 0 Å². The lowest BCUT2D eigenvalue weighted by Gasteiger charge is -2.16. The van der Waals surface area contributed by atoms with Crippen LogP contribution >= 0.6 is 11.3 Å². The minimum absolute atomic E-state index is 0.199. The number of carbonyl (C=O) groups is 1. The van der Waals surface area contributed by atoms with E-state index in [0.717, 1.165) is 10.4 Å². The Kier molecular flexibility index (Phi) is 6.33. The molecule has 0 radical (unpaired) electrons. The molecule has 0 atom stereocenters. The normalized spacial score (nSPS) is 10.3. The molecule has 3 rings (SSSR count). The van der Waals surface area contributed by atoms with Gasteiger partial charge in [-0.2, -0.15) is 0 Å². The molecule has 0 spiro atoms. The van der Waals surface area contributed by atoms with E-state index in [1.54, 1.807) is 23.5 Å². The summed E-state index contributed by atoms with van der Waals surface area (Å²) >= 11 is 1.60. The molecule has 2 aromatic carbocycles. The minimum atomic E-state index is -0.199. The van der Waals surface area contributed by atoms with E-state index in [-0.39, 0.29) is 5.91 Å². The first kappa shape index (κ1) is 18.8. The number of carbonyl (C=O) groups excluding carboxylic acids is 1. The fourth-order valence-corrected chi connectivity index (χ4v) is 3.21. The fourth-order valence-electron chi connectivity index (χ4n) is 2.57. The number of thiophene rings is 1. The van der Waals surface area contributed by atoms with Crippen LogP contribution in [0.2, 0.25) is 0 Å². The first-order valence-corrected chi connectivity index (χ1v) is 9.32. The molecule has 140 valence electrons. The van der Waals surface area contributed by atoms with Crippen molar-refractivity contribution in [1.29, 1.82) is 0 Å². The second-order valence-corrected chi connectivity index (χ2v) is 6.78. The summed E-state index contributed by atoms with van der Waals surface area (Å²) in [7, 11) is 3.08. The molecule has 0 aliphatic carbocycles. The molecule has 1 aromatic heterocycles. The van der Waals surface area contributed by atoms with Crippen molar-refractivity contribution in [3.8, 4) is 17.2 Å². The summed E-state index contributed by atoms with van der Waals surface area (Å²) in [6, 6.07) is 17.1. The summed E-state index contributed by atoms with van der Waals surface area (Å²) in [6.45, 7) is 0.852. The SMILES string of the molecule is COc1cc(C(=O)NCc2cccs2)cc(OC)c1OCc1ccccc1. The van der Waals surface area contributed by atoms with Gasteiger partial charge in [0.25, 0.3) is 5.91 Å². The van der Waals surface area contributed by atoms with Crippen LogP contribution in [-0.2, 0) is 13.2 Å². The Morgan fingerprint density at radius 3 is 2.30 bits per heavy atom. The maximum Gasteiger partial charge on any atom is 0.251 e. The second kappa shape index (κ2) is 9.09. The molecule has 1 N–H and O–H groups in total. The lowest BCUT2D eigenvalue weighted by atomic mass is 10.1. The molecule has 0 fully saturated rings. The molecule has 6 heteroatoms. The number of nitrogens with one attached hydrogen (secondary N) is 1. The second-order valence-electron chi connectivity index (χ2n) is 5.75. The van der Waals surface area contributed by atoms with Gasteiger partial charge in [-0.05, 0) is 29.1 Å². The van der Waals surface area contributed by atoms with E-state index in [0.29, 0.717) is 36.0 Å². The summed E-state index contributed by atoms with van der Waals surface area (Å²) in [5.41, 5.74) is 1.48. The van der Waals surface area contributed by atoms with Gasteiger partial charge in [0.1, 0.15) is 6.61 Å². The Bertz CT molecular complexity index is 853. The topological polar surface area (TPSA) is 56.8 Å². The quantitative estimate of drug-likeness (QED) is 0.631. The smallest absolute Gasteiger partial charge is 0.251 e. The van der Waals surface area contributed by atoms with Crippen molar-refractivity contribution < 1.29 is 19.0 Å². The maximum atomic E-state index is 12.5. The summed E-state index contributed by atoms with van der Waals surface area (Å²) < 4.78 is 16.8. The van der Waals surface area contributed by atoms with Gasteiger partial charge in [0.15, 0.2) is 11.5 Å². The van der Waals surface area contributed by atoms with E-state index < -0.39 is 0 Å². The van der Waals surface area contributed by atoms with E-state index in [2.05, 4.69) is 5.32 Å². The first-order chi connectivity index (χ1) is 13.2. The van der Waals surface area contributed by atoms with Gasteiger partial charge in [0.05, 0.1) is 20.8 Å². The molecule has 0 saturated carbocycles. The largest absolute Gasteiger partial charge is 0.493 e. The highest BCUT2D eigenvalue weighted by atomic mass is 32.1. The van der Waals surface area contributed by atoms with Crippen LogP contribution in [0.1, 0.15) is 20.8 Å². The van der Waals surface area contributed by atoms with E-state index in [4.69, 9.17) is 14.2 Å².